The molecule has 2 aromatic carbocycles. The van der Waals surface area contributed by atoms with Crippen LogP contribution >= 0.6 is 0 Å². The van der Waals surface area contributed by atoms with Crippen molar-refractivity contribution in [3.05, 3.63) is 83.6 Å². The van der Waals surface area contributed by atoms with Gasteiger partial charge in [0.15, 0.2) is 5.78 Å². The van der Waals surface area contributed by atoms with Crippen LogP contribution in [0.1, 0.15) is 54.0 Å². The summed E-state index contributed by atoms with van der Waals surface area (Å²) >= 11 is 0. The van der Waals surface area contributed by atoms with Crippen molar-refractivity contribution in [2.24, 2.45) is 0 Å². The van der Waals surface area contributed by atoms with Gasteiger partial charge in [0.25, 0.3) is 5.91 Å². The van der Waals surface area contributed by atoms with Gasteiger partial charge in [0.1, 0.15) is 5.82 Å². The Morgan fingerprint density at radius 3 is 2.03 bits per heavy atom. The van der Waals surface area contributed by atoms with Gasteiger partial charge in [0, 0.05) is 28.7 Å². The van der Waals surface area contributed by atoms with Crippen LogP contribution in [0, 0.1) is 0 Å². The molecule has 1 aromatic heterocycles. The van der Waals surface area contributed by atoms with E-state index < -0.39 is 0 Å². The SMILES string of the molecule is CC(=O)c1ccc(NC(=O)c2ccnc(Nc3ccc(C(C)(C)C)cc3)c2)cc1. The molecule has 5 heteroatoms. The zero-order valence-electron chi connectivity index (χ0n) is 17.1. The number of pyridine rings is 1. The van der Waals surface area contributed by atoms with Crippen molar-refractivity contribution < 1.29 is 9.59 Å². The van der Waals surface area contributed by atoms with E-state index in [-0.39, 0.29) is 17.1 Å². The van der Waals surface area contributed by atoms with E-state index in [0.717, 1.165) is 5.69 Å². The molecule has 0 aliphatic carbocycles. The van der Waals surface area contributed by atoms with Crippen LogP contribution in [0.4, 0.5) is 17.2 Å². The van der Waals surface area contributed by atoms with Gasteiger partial charge in [-0.3, -0.25) is 9.59 Å². The topological polar surface area (TPSA) is 71.1 Å². The number of amides is 1. The zero-order valence-corrected chi connectivity index (χ0v) is 17.1. The summed E-state index contributed by atoms with van der Waals surface area (Å²) in [6.07, 6.45) is 1.60. The monoisotopic (exact) mass is 387 g/mol. The lowest BCUT2D eigenvalue weighted by molar-refractivity contribution is 0.101. The molecule has 0 radical (unpaired) electrons. The molecule has 0 aliphatic rings. The summed E-state index contributed by atoms with van der Waals surface area (Å²) < 4.78 is 0. The molecule has 29 heavy (non-hydrogen) atoms. The van der Waals surface area contributed by atoms with Crippen LogP contribution < -0.4 is 10.6 Å². The third kappa shape index (κ3) is 5.29. The number of hydrogen-bond donors (Lipinski definition) is 2. The van der Waals surface area contributed by atoms with Crippen molar-refractivity contribution in [3.63, 3.8) is 0 Å². The van der Waals surface area contributed by atoms with Gasteiger partial charge < -0.3 is 10.6 Å². The van der Waals surface area contributed by atoms with E-state index in [2.05, 4.69) is 48.5 Å². The molecule has 0 bridgehead atoms. The first kappa shape index (κ1) is 20.3. The minimum atomic E-state index is -0.242. The molecule has 3 aromatic rings. The molecule has 3 rings (SSSR count). The van der Waals surface area contributed by atoms with Crippen LogP contribution in [-0.2, 0) is 5.41 Å². The third-order valence-corrected chi connectivity index (χ3v) is 4.59. The number of carbonyl (C=O) groups is 2. The summed E-state index contributed by atoms with van der Waals surface area (Å²) in [4.78, 5) is 28.2. The maximum Gasteiger partial charge on any atom is 0.255 e. The molecule has 1 amide bonds. The standard InChI is InChI=1S/C24H25N3O2/c1-16(28)17-5-9-21(10-6-17)27-23(29)18-13-14-25-22(15-18)26-20-11-7-19(8-12-20)24(2,3)4/h5-15H,1-4H3,(H,25,26)(H,27,29). The Kier molecular flexibility index (Phi) is 5.78. The lowest BCUT2D eigenvalue weighted by Crippen LogP contribution is -2.12. The molecule has 0 saturated carbocycles. The average Bonchev–Trinajstić information content (AvgIpc) is 2.68. The van der Waals surface area contributed by atoms with Crippen molar-refractivity contribution in [2.75, 3.05) is 10.6 Å². The number of ketones is 1. The highest BCUT2D eigenvalue weighted by atomic mass is 16.1. The highest BCUT2D eigenvalue weighted by Gasteiger charge is 2.13. The first-order valence-corrected chi connectivity index (χ1v) is 9.48. The second kappa shape index (κ2) is 8.27. The van der Waals surface area contributed by atoms with E-state index in [9.17, 15) is 9.59 Å². The van der Waals surface area contributed by atoms with E-state index in [1.54, 1.807) is 42.6 Å². The van der Waals surface area contributed by atoms with E-state index in [0.29, 0.717) is 22.6 Å². The van der Waals surface area contributed by atoms with Gasteiger partial charge in [-0.2, -0.15) is 0 Å². The van der Waals surface area contributed by atoms with Crippen molar-refractivity contribution in [3.8, 4) is 0 Å². The van der Waals surface area contributed by atoms with Crippen LogP contribution in [0.15, 0.2) is 66.9 Å². The number of nitrogens with one attached hydrogen (secondary N) is 2. The minimum Gasteiger partial charge on any atom is -0.340 e. The highest BCUT2D eigenvalue weighted by Crippen LogP contribution is 2.24. The Morgan fingerprint density at radius 2 is 1.45 bits per heavy atom. The number of hydrogen-bond acceptors (Lipinski definition) is 4. The second-order valence-corrected chi connectivity index (χ2v) is 7.97. The molecule has 0 aliphatic heterocycles. The summed E-state index contributed by atoms with van der Waals surface area (Å²) in [5.74, 6) is 0.338. The predicted octanol–water partition coefficient (Wildman–Crippen LogP) is 5.58. The van der Waals surface area contributed by atoms with Crippen LogP contribution in [-0.4, -0.2) is 16.7 Å². The molecule has 0 unspecified atom stereocenters. The Balaban J connectivity index is 1.70. The molecule has 0 fully saturated rings. The molecule has 0 spiro atoms. The Bertz CT molecular complexity index is 1020. The van der Waals surface area contributed by atoms with E-state index >= 15 is 0 Å². The number of aromatic nitrogens is 1. The summed E-state index contributed by atoms with van der Waals surface area (Å²) in [5.41, 5.74) is 3.98. The Morgan fingerprint density at radius 1 is 0.828 bits per heavy atom. The Hall–Kier alpha value is -3.47. The third-order valence-electron chi connectivity index (χ3n) is 4.59. The molecule has 148 valence electrons. The number of carbonyl (C=O) groups excluding carboxylic acids is 2. The van der Waals surface area contributed by atoms with Gasteiger partial charge in [-0.1, -0.05) is 32.9 Å². The molecular formula is C24H25N3O2. The van der Waals surface area contributed by atoms with Gasteiger partial charge in [-0.15, -0.1) is 0 Å². The van der Waals surface area contributed by atoms with E-state index in [1.165, 1.54) is 12.5 Å². The lowest BCUT2D eigenvalue weighted by atomic mass is 9.87. The quantitative estimate of drug-likeness (QED) is 0.561. The summed E-state index contributed by atoms with van der Waals surface area (Å²) in [6, 6.07) is 18.4. The van der Waals surface area contributed by atoms with Gasteiger partial charge in [0.2, 0.25) is 0 Å². The molecule has 0 saturated heterocycles. The van der Waals surface area contributed by atoms with Gasteiger partial charge in [-0.05, 0) is 66.4 Å². The fourth-order valence-corrected chi connectivity index (χ4v) is 2.83. The van der Waals surface area contributed by atoms with Crippen molar-refractivity contribution in [1.29, 1.82) is 0 Å². The maximum atomic E-state index is 12.6. The summed E-state index contributed by atoms with van der Waals surface area (Å²) in [7, 11) is 0. The number of rotatable bonds is 5. The predicted molar refractivity (Wildman–Crippen MR) is 117 cm³/mol. The smallest absolute Gasteiger partial charge is 0.255 e. The molecule has 5 nitrogen and oxygen atoms in total. The van der Waals surface area contributed by atoms with Crippen LogP contribution in [0.25, 0.3) is 0 Å². The fraction of sp³-hybridized carbons (Fsp3) is 0.208. The first-order valence-electron chi connectivity index (χ1n) is 9.48. The zero-order chi connectivity index (χ0) is 21.0. The molecular weight excluding hydrogens is 362 g/mol. The van der Waals surface area contributed by atoms with Gasteiger partial charge in [0.05, 0.1) is 0 Å². The van der Waals surface area contributed by atoms with Crippen molar-refractivity contribution in [2.45, 2.75) is 33.1 Å². The lowest BCUT2D eigenvalue weighted by Gasteiger charge is -2.19. The van der Waals surface area contributed by atoms with Crippen molar-refractivity contribution >= 4 is 28.9 Å². The van der Waals surface area contributed by atoms with Crippen LogP contribution in [0.5, 0.6) is 0 Å². The van der Waals surface area contributed by atoms with E-state index in [1.807, 2.05) is 12.1 Å². The molecule has 2 N–H and O–H groups in total. The fourth-order valence-electron chi connectivity index (χ4n) is 2.83. The first-order chi connectivity index (χ1) is 13.7. The number of benzene rings is 2. The van der Waals surface area contributed by atoms with Gasteiger partial charge in [-0.25, -0.2) is 4.98 Å². The average molecular weight is 387 g/mol. The molecule has 1 heterocycles. The number of anilines is 3. The number of nitrogens with zero attached hydrogens (tertiary/aromatic N) is 1. The largest absolute Gasteiger partial charge is 0.340 e. The summed E-state index contributed by atoms with van der Waals surface area (Å²) in [6.45, 7) is 8.03. The Labute approximate surface area is 171 Å². The second-order valence-electron chi connectivity index (χ2n) is 7.97. The summed E-state index contributed by atoms with van der Waals surface area (Å²) in [5, 5.41) is 6.07. The minimum absolute atomic E-state index is 0.0109. The highest BCUT2D eigenvalue weighted by molar-refractivity contribution is 6.05. The maximum absolute atomic E-state index is 12.6. The van der Waals surface area contributed by atoms with Gasteiger partial charge >= 0.3 is 0 Å². The number of Topliss-reactive ketones (excluding diaryl/α,β-unsaturated/α-hetero) is 1. The molecule has 0 atom stereocenters. The normalized spacial score (nSPS) is 11.0. The van der Waals surface area contributed by atoms with Crippen LogP contribution in [0.2, 0.25) is 0 Å². The van der Waals surface area contributed by atoms with Crippen molar-refractivity contribution in [1.82, 2.24) is 4.98 Å². The van der Waals surface area contributed by atoms with E-state index in [4.69, 9.17) is 0 Å². The van der Waals surface area contributed by atoms with Crippen LogP contribution in [0.3, 0.4) is 0 Å².